The van der Waals surface area contributed by atoms with Gasteiger partial charge in [0.15, 0.2) is 16.8 Å². The number of fused-ring (bicyclic) bond motifs is 1. The largest absolute Gasteiger partial charge is 0.497 e. The summed E-state index contributed by atoms with van der Waals surface area (Å²) in [4.78, 5) is 35.8. The van der Waals surface area contributed by atoms with Gasteiger partial charge in [-0.15, -0.1) is 4.91 Å². The Kier molecular flexibility index (Phi) is 6.26. The molecule has 0 fully saturated rings. The number of rotatable bonds is 7. The minimum absolute atomic E-state index is 0.123. The summed E-state index contributed by atoms with van der Waals surface area (Å²) < 4.78 is 11.2. The molecule has 0 unspecified atom stereocenters. The molecule has 0 amide bonds. The summed E-state index contributed by atoms with van der Waals surface area (Å²) in [6.45, 7) is 3.94. The Bertz CT molecular complexity index is 1340. The van der Waals surface area contributed by atoms with E-state index in [-0.39, 0.29) is 18.1 Å². The number of hydrogen-bond donors (Lipinski definition) is 0. The van der Waals surface area contributed by atoms with Gasteiger partial charge in [0.05, 0.1) is 12.6 Å². The number of pyridine rings is 2. The number of hydrogen-bond acceptors (Lipinski definition) is 8. The quantitative estimate of drug-likeness (QED) is 0.281. The topological polar surface area (TPSA) is 100.0 Å². The van der Waals surface area contributed by atoms with E-state index in [0.29, 0.717) is 5.56 Å². The van der Waals surface area contributed by atoms with Crippen molar-refractivity contribution >= 4 is 16.9 Å². The Morgan fingerprint density at radius 1 is 1.03 bits per heavy atom. The number of carbonyl (C=O) groups is 1. The van der Waals surface area contributed by atoms with Gasteiger partial charge in [0, 0.05) is 28.4 Å². The van der Waals surface area contributed by atoms with Crippen molar-refractivity contribution in [3.05, 3.63) is 88.2 Å². The smallest absolute Gasteiger partial charge is 0.391 e. The molecule has 2 heterocycles. The van der Waals surface area contributed by atoms with Gasteiger partial charge in [-0.3, -0.25) is 9.82 Å². The Morgan fingerprint density at radius 2 is 1.82 bits per heavy atom. The highest BCUT2D eigenvalue weighted by Gasteiger charge is 2.22. The van der Waals surface area contributed by atoms with E-state index in [1.54, 1.807) is 13.3 Å². The molecule has 8 nitrogen and oxygen atoms in total. The number of aromatic nitrogens is 2. The lowest BCUT2D eigenvalue weighted by atomic mass is 9.99. The van der Waals surface area contributed by atoms with Crippen molar-refractivity contribution in [1.82, 2.24) is 9.97 Å². The molecule has 8 heteroatoms. The van der Waals surface area contributed by atoms with E-state index in [4.69, 9.17) is 9.47 Å². The Balaban J connectivity index is 1.73. The maximum absolute atomic E-state index is 12.3. The number of methoxy groups -OCH3 is 1. The molecule has 2 aromatic heterocycles. The highest BCUT2D eigenvalue weighted by atomic mass is 16.7. The van der Waals surface area contributed by atoms with E-state index < -0.39 is 5.97 Å². The van der Waals surface area contributed by atoms with Crippen molar-refractivity contribution in [3.8, 4) is 22.6 Å². The third-order valence-corrected chi connectivity index (χ3v) is 5.28. The van der Waals surface area contributed by atoms with Crippen LogP contribution in [0.15, 0.2) is 66.1 Å². The van der Waals surface area contributed by atoms with Gasteiger partial charge >= 0.3 is 5.97 Å². The first-order valence-corrected chi connectivity index (χ1v) is 10.2. The molecule has 0 aliphatic heterocycles. The average molecular weight is 443 g/mol. The second kappa shape index (κ2) is 9.44. The van der Waals surface area contributed by atoms with Crippen LogP contribution in [0.2, 0.25) is 0 Å². The minimum Gasteiger partial charge on any atom is -0.497 e. The van der Waals surface area contributed by atoms with Crippen LogP contribution in [0.25, 0.3) is 22.0 Å². The van der Waals surface area contributed by atoms with E-state index in [2.05, 4.69) is 20.1 Å². The number of carbonyl (C=O) groups excluding carboxylic acids is 1. The fourth-order valence-corrected chi connectivity index (χ4v) is 3.55. The number of aryl methyl sites for hydroxylation is 1. The molecule has 0 aliphatic rings. The van der Waals surface area contributed by atoms with Crippen molar-refractivity contribution in [2.75, 3.05) is 7.11 Å². The summed E-state index contributed by atoms with van der Waals surface area (Å²) in [6.07, 6.45) is 1.56. The van der Waals surface area contributed by atoms with Crippen molar-refractivity contribution in [2.45, 2.75) is 20.5 Å². The Labute approximate surface area is 190 Å². The van der Waals surface area contributed by atoms with Crippen LogP contribution in [0.4, 0.5) is 0 Å². The SMILES string of the molecule is COc1ccc(COc2c(C(=O)ON=O)ncc(-c3ccc4nc(C)ccc4c3)c2C)cc1. The molecule has 4 aromatic rings. The maximum Gasteiger partial charge on any atom is 0.391 e. The Morgan fingerprint density at radius 3 is 2.55 bits per heavy atom. The number of ether oxygens (including phenoxy) is 2. The molecule has 0 atom stereocenters. The lowest BCUT2D eigenvalue weighted by molar-refractivity contribution is 0.0495. The summed E-state index contributed by atoms with van der Waals surface area (Å²) in [7, 11) is 1.59. The van der Waals surface area contributed by atoms with Crippen LogP contribution in [0.3, 0.4) is 0 Å². The van der Waals surface area contributed by atoms with Crippen LogP contribution in [-0.4, -0.2) is 23.0 Å². The fraction of sp³-hybridized carbons (Fsp3) is 0.160. The highest BCUT2D eigenvalue weighted by molar-refractivity contribution is 5.92. The molecule has 0 spiro atoms. The van der Waals surface area contributed by atoms with Gasteiger partial charge < -0.3 is 9.47 Å². The van der Waals surface area contributed by atoms with E-state index in [1.165, 1.54) is 0 Å². The van der Waals surface area contributed by atoms with E-state index in [9.17, 15) is 9.70 Å². The van der Waals surface area contributed by atoms with E-state index in [1.807, 2.05) is 68.4 Å². The minimum atomic E-state index is -0.984. The van der Waals surface area contributed by atoms with E-state index in [0.717, 1.165) is 39.0 Å². The zero-order valence-corrected chi connectivity index (χ0v) is 18.4. The molecule has 166 valence electrons. The van der Waals surface area contributed by atoms with E-state index >= 15 is 0 Å². The third-order valence-electron chi connectivity index (χ3n) is 5.28. The van der Waals surface area contributed by atoms with Gasteiger partial charge in [-0.1, -0.05) is 24.3 Å². The van der Waals surface area contributed by atoms with Crippen LogP contribution in [0.5, 0.6) is 11.5 Å². The summed E-state index contributed by atoms with van der Waals surface area (Å²) in [6, 6.07) is 17.2. The molecular formula is C25H21N3O5. The summed E-state index contributed by atoms with van der Waals surface area (Å²) in [5, 5.41) is 3.20. The average Bonchev–Trinajstić information content (AvgIpc) is 2.83. The van der Waals surface area contributed by atoms with Crippen LogP contribution in [0, 0.1) is 18.8 Å². The fourth-order valence-electron chi connectivity index (χ4n) is 3.55. The zero-order chi connectivity index (χ0) is 23.4. The third kappa shape index (κ3) is 4.64. The van der Waals surface area contributed by atoms with Gasteiger partial charge in [-0.05, 0) is 55.3 Å². The van der Waals surface area contributed by atoms with Crippen molar-refractivity contribution in [2.24, 2.45) is 5.34 Å². The lowest BCUT2D eigenvalue weighted by Gasteiger charge is -2.16. The maximum atomic E-state index is 12.3. The molecule has 0 radical (unpaired) electrons. The molecule has 0 aliphatic carbocycles. The molecule has 33 heavy (non-hydrogen) atoms. The molecule has 4 rings (SSSR count). The van der Waals surface area contributed by atoms with Crippen LogP contribution in [0.1, 0.15) is 27.3 Å². The second-order valence-electron chi connectivity index (χ2n) is 7.42. The van der Waals surface area contributed by atoms with Crippen molar-refractivity contribution < 1.29 is 19.1 Å². The van der Waals surface area contributed by atoms with Crippen LogP contribution < -0.4 is 9.47 Å². The predicted molar refractivity (Wildman–Crippen MR) is 123 cm³/mol. The second-order valence-corrected chi connectivity index (χ2v) is 7.42. The monoisotopic (exact) mass is 443 g/mol. The molecule has 0 saturated heterocycles. The van der Waals surface area contributed by atoms with Gasteiger partial charge in [0.1, 0.15) is 12.4 Å². The number of benzene rings is 2. The van der Waals surface area contributed by atoms with Crippen LogP contribution in [-0.2, 0) is 11.4 Å². The molecular weight excluding hydrogens is 422 g/mol. The summed E-state index contributed by atoms with van der Waals surface area (Å²) in [5.74, 6) is -0.0393. The molecule has 0 saturated carbocycles. The van der Waals surface area contributed by atoms with Gasteiger partial charge in [-0.25, -0.2) is 9.78 Å². The first-order valence-electron chi connectivity index (χ1n) is 10.2. The highest BCUT2D eigenvalue weighted by Crippen LogP contribution is 2.34. The first-order chi connectivity index (χ1) is 16.0. The molecule has 2 aromatic carbocycles. The van der Waals surface area contributed by atoms with Crippen LogP contribution >= 0.6 is 0 Å². The Hall–Kier alpha value is -4.33. The first kappa shape index (κ1) is 21.9. The van der Waals surface area contributed by atoms with Gasteiger partial charge in [0.25, 0.3) is 0 Å². The lowest BCUT2D eigenvalue weighted by Crippen LogP contribution is -2.10. The van der Waals surface area contributed by atoms with Gasteiger partial charge in [0.2, 0.25) is 0 Å². The summed E-state index contributed by atoms with van der Waals surface area (Å²) >= 11 is 0. The number of nitrogens with zero attached hydrogens (tertiary/aromatic N) is 3. The van der Waals surface area contributed by atoms with Crippen molar-refractivity contribution in [1.29, 1.82) is 0 Å². The molecule has 0 N–H and O–H groups in total. The summed E-state index contributed by atoms with van der Waals surface area (Å²) in [5.41, 5.74) is 4.91. The van der Waals surface area contributed by atoms with Crippen molar-refractivity contribution in [3.63, 3.8) is 0 Å². The zero-order valence-electron chi connectivity index (χ0n) is 18.4. The van der Waals surface area contributed by atoms with Gasteiger partial charge in [-0.2, -0.15) is 0 Å². The predicted octanol–water partition coefficient (Wildman–Crippen LogP) is 5.34. The standard InChI is InChI=1S/C25H21N3O5/c1-15-4-7-19-12-18(8-11-22(19)27-15)21-13-26-23(25(29)33-28-30)24(16(21)2)32-14-17-5-9-20(31-3)10-6-17/h4-13H,14H2,1-3H3. The normalized spacial score (nSPS) is 10.6. The molecule has 0 bridgehead atoms.